The molecule has 0 bridgehead atoms. The Labute approximate surface area is 396 Å². The standard InChI is InChI=1S/C50H62F2N6O9Si/c1-9-38-41(51)16-11-33-23-37(67-68(30(2)3,31(4)5)32(6)7)24-39(42(33)38)44-43(52)45-40(25-53-44)46(56-21-22-63-28-49(8,60)27-56)55-47(54-45)65-29-50-18-10-20-57(50)35(17-19-50)26-64-48(59)66-36-14-12-34(13-15-36)58(61)62/h11-16,23-25,30-32,35,60H,9-10,17-22,26-29H2,1-8H3/t35-,49?,50-/m0/s1. The van der Waals surface area contributed by atoms with Gasteiger partial charge < -0.3 is 33.4 Å². The van der Waals surface area contributed by atoms with E-state index in [1.165, 1.54) is 30.3 Å². The average molecular weight is 957 g/mol. The smallest absolute Gasteiger partial charge is 0.513 e. The number of carbonyl (C=O) groups excluding carboxylic acids is 1. The first kappa shape index (κ1) is 48.9. The van der Waals surface area contributed by atoms with E-state index in [1.807, 2.05) is 17.9 Å². The molecule has 2 aromatic heterocycles. The number of carbonyl (C=O) groups is 1. The van der Waals surface area contributed by atoms with Crippen molar-refractivity contribution in [2.45, 2.75) is 121 Å². The number of benzene rings is 3. The molecular weight excluding hydrogens is 895 g/mol. The lowest BCUT2D eigenvalue weighted by Gasteiger charge is -2.42. The second kappa shape index (κ2) is 19.4. The van der Waals surface area contributed by atoms with Crippen molar-refractivity contribution < 1.29 is 47.0 Å². The first-order valence-corrected chi connectivity index (χ1v) is 25.8. The van der Waals surface area contributed by atoms with Crippen molar-refractivity contribution in [3.63, 3.8) is 0 Å². The third-order valence-corrected chi connectivity index (χ3v) is 20.3. The first-order chi connectivity index (χ1) is 32.4. The van der Waals surface area contributed by atoms with Crippen molar-refractivity contribution in [1.29, 1.82) is 0 Å². The van der Waals surface area contributed by atoms with Crippen LogP contribution in [0.15, 0.2) is 54.7 Å². The highest BCUT2D eigenvalue weighted by molar-refractivity contribution is 6.78. The van der Waals surface area contributed by atoms with Crippen LogP contribution in [0.4, 0.5) is 25.1 Å². The van der Waals surface area contributed by atoms with Crippen LogP contribution in [0.1, 0.15) is 86.6 Å². The fourth-order valence-corrected chi connectivity index (χ4v) is 16.5. The van der Waals surface area contributed by atoms with Crippen molar-refractivity contribution >= 4 is 47.7 Å². The van der Waals surface area contributed by atoms with Crippen molar-refractivity contribution in [2.75, 3.05) is 51.0 Å². The molecule has 3 aliphatic rings. The SMILES string of the molecule is CCc1c(F)ccc2cc(O[Si](C(C)C)(C(C)C)C(C)C)cc(-c3ncc4c(N5CCOCC(C)(O)C5)nc(OC[C@@]56CCCN5[C@H](COC(=O)Oc5ccc([N+](=O)[O-])cc5)CC6)nc4c3F)c12. The van der Waals surface area contributed by atoms with E-state index < -0.39 is 42.2 Å². The molecule has 0 saturated carbocycles. The van der Waals surface area contributed by atoms with E-state index >= 15 is 8.78 Å². The minimum Gasteiger partial charge on any atom is -0.543 e. The molecule has 0 aliphatic carbocycles. The summed E-state index contributed by atoms with van der Waals surface area (Å²) in [6, 6.07) is 11.9. The first-order valence-electron chi connectivity index (χ1n) is 23.7. The number of hydrogen-bond donors (Lipinski definition) is 1. The number of nitrogens with zero attached hydrogens (tertiary/aromatic N) is 6. The molecule has 0 spiro atoms. The largest absolute Gasteiger partial charge is 0.543 e. The third-order valence-electron chi connectivity index (χ3n) is 14.3. The van der Waals surface area contributed by atoms with E-state index in [4.69, 9.17) is 38.3 Å². The van der Waals surface area contributed by atoms with Crippen LogP contribution in [0.3, 0.4) is 0 Å². The number of halogens is 2. The molecule has 5 aromatic rings. The monoisotopic (exact) mass is 956 g/mol. The van der Waals surface area contributed by atoms with Gasteiger partial charge in [-0.3, -0.25) is 20.0 Å². The Kier molecular flexibility index (Phi) is 14.0. The highest BCUT2D eigenvalue weighted by atomic mass is 28.4. The molecule has 3 fully saturated rings. The van der Waals surface area contributed by atoms with Crippen LogP contribution in [-0.2, 0) is 15.9 Å². The number of hydrogen-bond acceptors (Lipinski definition) is 14. The molecule has 364 valence electrons. The number of rotatable bonds is 15. The minimum absolute atomic E-state index is 0.0211. The van der Waals surface area contributed by atoms with Crippen molar-refractivity contribution in [3.8, 4) is 28.8 Å². The number of non-ortho nitro benzene ring substituents is 1. The summed E-state index contributed by atoms with van der Waals surface area (Å²) in [5.41, 5.74) is -0.293. The average Bonchev–Trinajstić information content (AvgIpc) is 3.80. The number of ether oxygens (including phenoxy) is 4. The number of pyridine rings is 1. The summed E-state index contributed by atoms with van der Waals surface area (Å²) >= 11 is 0. The molecule has 5 heterocycles. The van der Waals surface area contributed by atoms with Crippen LogP contribution in [0.2, 0.25) is 16.6 Å². The Morgan fingerprint density at radius 2 is 1.75 bits per heavy atom. The number of aliphatic hydroxyl groups is 1. The topological polar surface area (TPSA) is 172 Å². The third kappa shape index (κ3) is 9.43. The van der Waals surface area contributed by atoms with Gasteiger partial charge >= 0.3 is 12.2 Å². The zero-order valence-electron chi connectivity index (χ0n) is 40.1. The summed E-state index contributed by atoms with van der Waals surface area (Å²) in [6.45, 7) is 18.6. The maximum absolute atomic E-state index is 17.9. The van der Waals surface area contributed by atoms with Gasteiger partial charge in [0.05, 0.1) is 35.6 Å². The van der Waals surface area contributed by atoms with E-state index in [2.05, 4.69) is 46.4 Å². The normalized spacial score (nSPS) is 21.2. The Morgan fingerprint density at radius 1 is 1.01 bits per heavy atom. The molecule has 3 atom stereocenters. The fourth-order valence-electron chi connectivity index (χ4n) is 11.2. The van der Waals surface area contributed by atoms with E-state index in [9.17, 15) is 20.0 Å². The molecule has 15 nitrogen and oxygen atoms in total. The van der Waals surface area contributed by atoms with Crippen molar-refractivity contribution in [3.05, 3.63) is 82.0 Å². The number of aromatic nitrogens is 3. The lowest BCUT2D eigenvalue weighted by molar-refractivity contribution is -0.384. The summed E-state index contributed by atoms with van der Waals surface area (Å²) < 4.78 is 63.9. The van der Waals surface area contributed by atoms with Crippen LogP contribution in [0.5, 0.6) is 17.5 Å². The molecule has 0 radical (unpaired) electrons. The predicted octanol–water partition coefficient (Wildman–Crippen LogP) is 10.3. The van der Waals surface area contributed by atoms with Crippen molar-refractivity contribution in [2.24, 2.45) is 0 Å². The molecule has 8 rings (SSSR count). The maximum atomic E-state index is 17.9. The van der Waals surface area contributed by atoms with E-state index in [1.54, 1.807) is 25.3 Å². The van der Waals surface area contributed by atoms with Crippen LogP contribution in [0, 0.1) is 21.7 Å². The molecule has 1 unspecified atom stereocenters. The molecular formula is C50H62F2N6O9Si. The second-order valence-electron chi connectivity index (χ2n) is 19.8. The summed E-state index contributed by atoms with van der Waals surface area (Å²) in [5.74, 6) is -0.114. The molecule has 0 amide bonds. The van der Waals surface area contributed by atoms with Crippen LogP contribution >= 0.6 is 0 Å². The molecule has 18 heteroatoms. The number of anilines is 1. The Bertz CT molecular complexity index is 2670. The summed E-state index contributed by atoms with van der Waals surface area (Å²) in [6.07, 6.45) is 4.07. The molecule has 3 aliphatic heterocycles. The molecule has 1 N–H and O–H groups in total. The van der Waals surface area contributed by atoms with Gasteiger partial charge in [-0.1, -0.05) is 54.5 Å². The van der Waals surface area contributed by atoms with Gasteiger partial charge in [0.25, 0.3) is 14.0 Å². The molecule has 3 saturated heterocycles. The molecule has 3 aromatic carbocycles. The fraction of sp³-hybridized carbons (Fsp3) is 0.520. The lowest BCUT2D eigenvalue weighted by atomic mass is 9.94. The van der Waals surface area contributed by atoms with Crippen molar-refractivity contribution in [1.82, 2.24) is 19.9 Å². The highest BCUT2D eigenvalue weighted by Crippen LogP contribution is 2.47. The van der Waals surface area contributed by atoms with Gasteiger partial charge in [0.1, 0.15) is 53.2 Å². The van der Waals surface area contributed by atoms with E-state index in [0.717, 1.165) is 25.8 Å². The van der Waals surface area contributed by atoms with Gasteiger partial charge in [0, 0.05) is 36.5 Å². The summed E-state index contributed by atoms with van der Waals surface area (Å²) in [5, 5.41) is 23.9. The second-order valence-corrected chi connectivity index (χ2v) is 25.1. The Morgan fingerprint density at radius 3 is 2.44 bits per heavy atom. The van der Waals surface area contributed by atoms with Crippen LogP contribution < -0.4 is 18.8 Å². The number of fused-ring (bicyclic) bond motifs is 3. The zero-order chi connectivity index (χ0) is 48.7. The minimum atomic E-state index is -2.49. The Hall–Kier alpha value is -5.56. The van der Waals surface area contributed by atoms with E-state index in [0.29, 0.717) is 58.2 Å². The van der Waals surface area contributed by atoms with E-state index in [-0.39, 0.29) is 84.3 Å². The van der Waals surface area contributed by atoms with Gasteiger partial charge in [-0.05, 0) is 109 Å². The van der Waals surface area contributed by atoms with Gasteiger partial charge in [0.2, 0.25) is 0 Å². The zero-order valence-corrected chi connectivity index (χ0v) is 41.1. The van der Waals surface area contributed by atoms with Gasteiger partial charge in [-0.15, -0.1) is 0 Å². The number of aryl methyl sites for hydroxylation is 1. The number of β-amino-alcohol motifs (C(OH)–C–C–N with tert-alkyl or cyclic N) is 1. The van der Waals surface area contributed by atoms with Crippen LogP contribution in [-0.4, -0.2) is 108 Å². The van der Waals surface area contributed by atoms with Gasteiger partial charge in [0.15, 0.2) is 5.82 Å². The molecule has 68 heavy (non-hydrogen) atoms. The van der Waals surface area contributed by atoms with Gasteiger partial charge in [-0.25, -0.2) is 13.6 Å². The lowest BCUT2D eigenvalue weighted by Crippen LogP contribution is -2.50. The van der Waals surface area contributed by atoms with Gasteiger partial charge in [-0.2, -0.15) is 9.97 Å². The summed E-state index contributed by atoms with van der Waals surface area (Å²) in [4.78, 5) is 41.7. The number of nitro benzene ring substituents is 1. The number of nitro groups is 1. The quantitative estimate of drug-likeness (QED) is 0.0345. The van der Waals surface area contributed by atoms with Crippen LogP contribution in [0.25, 0.3) is 32.9 Å². The maximum Gasteiger partial charge on any atom is 0.513 e. The predicted molar refractivity (Wildman–Crippen MR) is 257 cm³/mol. The Balaban J connectivity index is 1.15. The summed E-state index contributed by atoms with van der Waals surface area (Å²) in [7, 11) is -2.49. The highest BCUT2D eigenvalue weighted by Gasteiger charge is 2.51.